The van der Waals surface area contributed by atoms with Crippen molar-refractivity contribution in [3.05, 3.63) is 59.2 Å². The van der Waals surface area contributed by atoms with Crippen LogP contribution in [-0.4, -0.2) is 43.8 Å². The number of fused-ring (bicyclic) bond motifs is 1. The number of carbonyl (C=O) groups excluding carboxylic acids is 3. The van der Waals surface area contributed by atoms with Gasteiger partial charge in [-0.25, -0.2) is 0 Å². The average molecular weight is 323 g/mol. The minimum absolute atomic E-state index is 0.239. The second-order valence-corrected chi connectivity index (χ2v) is 5.79. The molecule has 0 atom stereocenters. The van der Waals surface area contributed by atoms with Gasteiger partial charge in [-0.15, -0.1) is 0 Å². The van der Waals surface area contributed by atoms with Gasteiger partial charge in [0.05, 0.1) is 16.8 Å². The van der Waals surface area contributed by atoms with Gasteiger partial charge in [0.15, 0.2) is 0 Å². The van der Waals surface area contributed by atoms with E-state index in [-0.39, 0.29) is 17.4 Å². The predicted molar refractivity (Wildman–Crippen MR) is 91.6 cm³/mol. The lowest BCUT2D eigenvalue weighted by Gasteiger charge is -2.13. The van der Waals surface area contributed by atoms with E-state index >= 15 is 0 Å². The summed E-state index contributed by atoms with van der Waals surface area (Å²) < 4.78 is 0. The standard InChI is InChI=1S/C18H17N3O3/c1-20(2)12-9-7-11(8-10-12)16(22)19-14-6-4-5-13-15(14)18(24)21(3)17(13)23/h4-10H,1-3H3,(H,19,22). The van der Waals surface area contributed by atoms with Crippen LogP contribution < -0.4 is 10.2 Å². The van der Waals surface area contributed by atoms with Gasteiger partial charge >= 0.3 is 0 Å². The van der Waals surface area contributed by atoms with E-state index in [1.165, 1.54) is 7.05 Å². The summed E-state index contributed by atoms with van der Waals surface area (Å²) in [6.07, 6.45) is 0. The van der Waals surface area contributed by atoms with Crippen LogP contribution in [0.15, 0.2) is 42.5 Å². The van der Waals surface area contributed by atoms with Crippen molar-refractivity contribution in [2.24, 2.45) is 0 Å². The van der Waals surface area contributed by atoms with Gasteiger partial charge in [0.2, 0.25) is 0 Å². The maximum absolute atomic E-state index is 12.4. The van der Waals surface area contributed by atoms with E-state index < -0.39 is 5.91 Å². The van der Waals surface area contributed by atoms with Crippen LogP contribution in [0.25, 0.3) is 0 Å². The lowest BCUT2D eigenvalue weighted by Crippen LogP contribution is -2.24. The van der Waals surface area contributed by atoms with Crippen LogP contribution in [0, 0.1) is 0 Å². The molecule has 3 rings (SSSR count). The van der Waals surface area contributed by atoms with E-state index in [0.717, 1.165) is 10.6 Å². The van der Waals surface area contributed by atoms with Crippen LogP contribution in [-0.2, 0) is 0 Å². The molecule has 122 valence electrons. The molecule has 0 radical (unpaired) electrons. The molecule has 1 heterocycles. The van der Waals surface area contributed by atoms with Gasteiger partial charge in [-0.05, 0) is 36.4 Å². The number of nitrogens with zero attached hydrogens (tertiary/aromatic N) is 2. The first-order valence-corrected chi connectivity index (χ1v) is 7.44. The highest BCUT2D eigenvalue weighted by molar-refractivity contribution is 6.24. The Morgan fingerprint density at radius 2 is 1.67 bits per heavy atom. The molecular formula is C18H17N3O3. The van der Waals surface area contributed by atoms with Crippen LogP contribution in [0.3, 0.4) is 0 Å². The third kappa shape index (κ3) is 2.52. The first kappa shape index (κ1) is 15.7. The van der Waals surface area contributed by atoms with Crippen molar-refractivity contribution in [3.8, 4) is 0 Å². The minimum Gasteiger partial charge on any atom is -0.378 e. The van der Waals surface area contributed by atoms with Crippen molar-refractivity contribution < 1.29 is 14.4 Å². The molecule has 0 saturated carbocycles. The van der Waals surface area contributed by atoms with E-state index in [1.807, 2.05) is 31.1 Å². The molecule has 2 aromatic carbocycles. The molecule has 0 bridgehead atoms. The lowest BCUT2D eigenvalue weighted by molar-refractivity contribution is 0.0693. The van der Waals surface area contributed by atoms with Gasteiger partial charge in [0.25, 0.3) is 17.7 Å². The maximum Gasteiger partial charge on any atom is 0.263 e. The third-order valence-corrected chi connectivity index (χ3v) is 4.01. The molecule has 0 aliphatic carbocycles. The molecular weight excluding hydrogens is 306 g/mol. The van der Waals surface area contributed by atoms with Crippen LogP contribution in [0.2, 0.25) is 0 Å². The SMILES string of the molecule is CN1C(=O)c2cccc(NC(=O)c3ccc(N(C)C)cc3)c2C1=O. The fourth-order valence-corrected chi connectivity index (χ4v) is 2.61. The van der Waals surface area contributed by atoms with E-state index in [9.17, 15) is 14.4 Å². The Kier molecular flexibility index (Phi) is 3.81. The monoisotopic (exact) mass is 323 g/mol. The van der Waals surface area contributed by atoms with Gasteiger partial charge in [0, 0.05) is 32.4 Å². The van der Waals surface area contributed by atoms with Crippen LogP contribution in [0.4, 0.5) is 11.4 Å². The topological polar surface area (TPSA) is 69.7 Å². The highest BCUT2D eigenvalue weighted by Crippen LogP contribution is 2.28. The first-order chi connectivity index (χ1) is 11.4. The zero-order valence-corrected chi connectivity index (χ0v) is 13.7. The summed E-state index contributed by atoms with van der Waals surface area (Å²) in [5.41, 5.74) is 2.35. The molecule has 3 amide bonds. The normalized spacial score (nSPS) is 13.0. The van der Waals surface area contributed by atoms with Gasteiger partial charge in [-0.1, -0.05) is 6.07 Å². The Morgan fingerprint density at radius 3 is 2.29 bits per heavy atom. The number of hydrogen-bond donors (Lipinski definition) is 1. The molecule has 6 nitrogen and oxygen atoms in total. The van der Waals surface area contributed by atoms with Crippen LogP contribution in [0.5, 0.6) is 0 Å². The van der Waals surface area contributed by atoms with Crippen LogP contribution >= 0.6 is 0 Å². The molecule has 0 unspecified atom stereocenters. The summed E-state index contributed by atoms with van der Waals surface area (Å²) in [7, 11) is 5.26. The Hall–Kier alpha value is -3.15. The van der Waals surface area contributed by atoms with Crippen molar-refractivity contribution in [2.75, 3.05) is 31.4 Å². The second-order valence-electron chi connectivity index (χ2n) is 5.79. The van der Waals surface area contributed by atoms with Gasteiger partial charge < -0.3 is 10.2 Å². The Balaban J connectivity index is 1.89. The van der Waals surface area contributed by atoms with Crippen molar-refractivity contribution >= 4 is 29.1 Å². The largest absolute Gasteiger partial charge is 0.378 e. The van der Waals surface area contributed by atoms with Crippen LogP contribution in [0.1, 0.15) is 31.1 Å². The molecule has 0 saturated heterocycles. The van der Waals surface area contributed by atoms with E-state index in [2.05, 4.69) is 5.32 Å². The number of benzene rings is 2. The molecule has 0 fully saturated rings. The smallest absolute Gasteiger partial charge is 0.263 e. The predicted octanol–water partition coefficient (Wildman–Crippen LogP) is 2.23. The summed E-state index contributed by atoms with van der Waals surface area (Å²) in [5.74, 6) is -1.10. The summed E-state index contributed by atoms with van der Waals surface area (Å²) in [4.78, 5) is 39.6. The number of rotatable bonds is 3. The summed E-state index contributed by atoms with van der Waals surface area (Å²) in [6, 6.07) is 12.0. The van der Waals surface area contributed by atoms with Crippen molar-refractivity contribution in [1.82, 2.24) is 4.90 Å². The molecule has 2 aromatic rings. The Morgan fingerprint density at radius 1 is 1.00 bits per heavy atom. The van der Waals surface area contributed by atoms with Crippen molar-refractivity contribution in [1.29, 1.82) is 0 Å². The number of carbonyl (C=O) groups is 3. The number of anilines is 2. The summed E-state index contributed by atoms with van der Waals surface area (Å²) in [5, 5.41) is 2.73. The van der Waals surface area contributed by atoms with E-state index in [4.69, 9.17) is 0 Å². The highest BCUT2D eigenvalue weighted by Gasteiger charge is 2.35. The number of imide groups is 1. The molecule has 6 heteroatoms. The van der Waals surface area contributed by atoms with Gasteiger partial charge in [0.1, 0.15) is 0 Å². The van der Waals surface area contributed by atoms with Gasteiger partial charge in [-0.3, -0.25) is 19.3 Å². The summed E-state index contributed by atoms with van der Waals surface area (Å²) in [6.45, 7) is 0. The highest BCUT2D eigenvalue weighted by atomic mass is 16.2. The molecule has 0 spiro atoms. The molecule has 1 N–H and O–H groups in total. The number of nitrogens with one attached hydrogen (secondary N) is 1. The Bertz CT molecular complexity index is 841. The second kappa shape index (κ2) is 5.81. The molecule has 0 aromatic heterocycles. The summed E-state index contributed by atoms with van der Waals surface area (Å²) >= 11 is 0. The minimum atomic E-state index is -0.408. The van der Waals surface area contributed by atoms with Gasteiger partial charge in [-0.2, -0.15) is 0 Å². The number of amides is 3. The first-order valence-electron chi connectivity index (χ1n) is 7.44. The third-order valence-electron chi connectivity index (χ3n) is 4.01. The number of hydrogen-bond acceptors (Lipinski definition) is 4. The quantitative estimate of drug-likeness (QED) is 0.880. The van der Waals surface area contributed by atoms with Crippen molar-refractivity contribution in [3.63, 3.8) is 0 Å². The average Bonchev–Trinajstić information content (AvgIpc) is 2.80. The lowest BCUT2D eigenvalue weighted by atomic mass is 10.1. The van der Waals surface area contributed by atoms with E-state index in [1.54, 1.807) is 30.3 Å². The maximum atomic E-state index is 12.4. The fourth-order valence-electron chi connectivity index (χ4n) is 2.61. The van der Waals surface area contributed by atoms with E-state index in [0.29, 0.717) is 16.8 Å². The fraction of sp³-hybridized carbons (Fsp3) is 0.167. The van der Waals surface area contributed by atoms with Crippen molar-refractivity contribution in [2.45, 2.75) is 0 Å². The zero-order valence-electron chi connectivity index (χ0n) is 13.7. The molecule has 1 aliphatic heterocycles. The molecule has 1 aliphatic rings. The Labute approximate surface area is 139 Å². The molecule has 24 heavy (non-hydrogen) atoms. The zero-order chi connectivity index (χ0) is 17.4.